The third-order valence-electron chi connectivity index (χ3n) is 4.44. The van der Waals surface area contributed by atoms with Gasteiger partial charge in [-0.1, -0.05) is 48.5 Å². The van der Waals surface area contributed by atoms with Crippen molar-refractivity contribution in [3.05, 3.63) is 71.9 Å². The third kappa shape index (κ3) is 2.36. The Kier molecular flexibility index (Phi) is 3.24. The highest BCUT2D eigenvalue weighted by atomic mass is 15.0. The molecular weight excluding hydrogens is 256 g/mol. The van der Waals surface area contributed by atoms with Gasteiger partial charge in [0.2, 0.25) is 0 Å². The van der Waals surface area contributed by atoms with Gasteiger partial charge in [0, 0.05) is 23.8 Å². The molecule has 0 radical (unpaired) electrons. The molecule has 1 saturated heterocycles. The van der Waals surface area contributed by atoms with E-state index in [0.717, 1.165) is 13.1 Å². The second-order valence-electron chi connectivity index (χ2n) is 5.85. The van der Waals surface area contributed by atoms with Crippen LogP contribution in [0.2, 0.25) is 0 Å². The molecule has 1 N–H and O–H groups in total. The van der Waals surface area contributed by atoms with E-state index in [0.29, 0.717) is 6.04 Å². The first-order valence-electron chi connectivity index (χ1n) is 7.77. The largest absolute Gasteiger partial charge is 0.339 e. The number of aromatic nitrogens is 1. The maximum atomic E-state index is 3.64. The van der Waals surface area contributed by atoms with Gasteiger partial charge in [-0.15, -0.1) is 0 Å². The van der Waals surface area contributed by atoms with Crippen molar-refractivity contribution < 1.29 is 0 Å². The molecule has 2 aromatic carbocycles. The van der Waals surface area contributed by atoms with E-state index in [2.05, 4.69) is 70.5 Å². The maximum Gasteiger partial charge on any atom is 0.0486 e. The third-order valence-corrected chi connectivity index (χ3v) is 4.44. The van der Waals surface area contributed by atoms with Crippen molar-refractivity contribution >= 4 is 10.9 Å². The number of rotatable bonds is 3. The molecule has 0 amide bonds. The van der Waals surface area contributed by atoms with Crippen LogP contribution in [0.15, 0.2) is 60.7 Å². The Morgan fingerprint density at radius 1 is 1.00 bits per heavy atom. The Bertz CT molecular complexity index is 737. The van der Waals surface area contributed by atoms with Gasteiger partial charge in [-0.25, -0.2) is 0 Å². The molecule has 2 nitrogen and oxygen atoms in total. The Morgan fingerprint density at radius 3 is 2.62 bits per heavy atom. The number of para-hydroxylation sites is 1. The fraction of sp³-hybridized carbons (Fsp3) is 0.263. The van der Waals surface area contributed by atoms with Crippen molar-refractivity contribution in [1.29, 1.82) is 0 Å². The summed E-state index contributed by atoms with van der Waals surface area (Å²) in [5.74, 6) is 0. The quantitative estimate of drug-likeness (QED) is 0.761. The second kappa shape index (κ2) is 5.38. The van der Waals surface area contributed by atoms with E-state index in [9.17, 15) is 0 Å². The van der Waals surface area contributed by atoms with E-state index < -0.39 is 0 Å². The van der Waals surface area contributed by atoms with Crippen molar-refractivity contribution in [2.45, 2.75) is 25.4 Å². The minimum Gasteiger partial charge on any atom is -0.339 e. The summed E-state index contributed by atoms with van der Waals surface area (Å²) in [6, 6.07) is 22.3. The van der Waals surface area contributed by atoms with Crippen molar-refractivity contribution in [3.8, 4) is 0 Å². The molecule has 2 heterocycles. The first-order chi connectivity index (χ1) is 10.4. The number of nitrogens with one attached hydrogen (secondary N) is 1. The number of benzene rings is 2. The van der Waals surface area contributed by atoms with Crippen LogP contribution in [0.4, 0.5) is 0 Å². The van der Waals surface area contributed by atoms with E-state index in [1.165, 1.54) is 35.0 Å². The lowest BCUT2D eigenvalue weighted by atomic mass is 10.1. The fourth-order valence-corrected chi connectivity index (χ4v) is 3.40. The molecule has 0 bridgehead atoms. The molecule has 3 aromatic rings. The molecule has 2 heteroatoms. The van der Waals surface area contributed by atoms with Crippen LogP contribution < -0.4 is 5.32 Å². The molecule has 21 heavy (non-hydrogen) atoms. The van der Waals surface area contributed by atoms with E-state index >= 15 is 0 Å². The lowest BCUT2D eigenvalue weighted by Gasteiger charge is -2.16. The van der Waals surface area contributed by atoms with Crippen molar-refractivity contribution in [2.24, 2.45) is 0 Å². The standard InChI is InChI=1S/C19H20N2/c1-2-7-15(8-3-1)14-21-18-11-5-4-9-16(18)13-19(21)17-10-6-12-20-17/h1-5,7-9,11,13,17,20H,6,10,12,14H2. The molecule has 1 aromatic heterocycles. The van der Waals surface area contributed by atoms with Crippen LogP contribution in [0, 0.1) is 0 Å². The average molecular weight is 276 g/mol. The molecule has 106 valence electrons. The summed E-state index contributed by atoms with van der Waals surface area (Å²) in [6.07, 6.45) is 2.52. The zero-order valence-corrected chi connectivity index (χ0v) is 12.1. The Hall–Kier alpha value is -2.06. The van der Waals surface area contributed by atoms with E-state index in [4.69, 9.17) is 0 Å². The van der Waals surface area contributed by atoms with E-state index in [1.54, 1.807) is 0 Å². The zero-order valence-electron chi connectivity index (χ0n) is 12.1. The lowest BCUT2D eigenvalue weighted by molar-refractivity contribution is 0.591. The number of hydrogen-bond acceptors (Lipinski definition) is 1. The Morgan fingerprint density at radius 2 is 1.81 bits per heavy atom. The smallest absolute Gasteiger partial charge is 0.0486 e. The van der Waals surface area contributed by atoms with Crippen molar-refractivity contribution in [3.63, 3.8) is 0 Å². The predicted octanol–water partition coefficient (Wildman–Crippen LogP) is 4.11. The molecule has 0 saturated carbocycles. The Balaban J connectivity index is 1.82. The summed E-state index contributed by atoms with van der Waals surface area (Å²) < 4.78 is 2.48. The van der Waals surface area contributed by atoms with Gasteiger partial charge in [-0.05, 0) is 42.5 Å². The van der Waals surface area contributed by atoms with Crippen LogP contribution in [-0.2, 0) is 6.54 Å². The molecule has 1 unspecified atom stereocenters. The van der Waals surface area contributed by atoms with Crippen LogP contribution in [0.3, 0.4) is 0 Å². The van der Waals surface area contributed by atoms with Crippen LogP contribution in [0.1, 0.15) is 30.1 Å². The van der Waals surface area contributed by atoms with Gasteiger partial charge < -0.3 is 9.88 Å². The number of nitrogens with zero attached hydrogens (tertiary/aromatic N) is 1. The van der Waals surface area contributed by atoms with Gasteiger partial charge in [0.15, 0.2) is 0 Å². The van der Waals surface area contributed by atoms with Gasteiger partial charge in [0.1, 0.15) is 0 Å². The minimum absolute atomic E-state index is 0.501. The van der Waals surface area contributed by atoms with Gasteiger partial charge in [0.05, 0.1) is 0 Å². The summed E-state index contributed by atoms with van der Waals surface area (Å²) in [6.45, 7) is 2.08. The summed E-state index contributed by atoms with van der Waals surface area (Å²) in [5.41, 5.74) is 4.13. The van der Waals surface area contributed by atoms with Crippen molar-refractivity contribution in [1.82, 2.24) is 9.88 Å². The molecule has 1 aliphatic heterocycles. The highest BCUT2D eigenvalue weighted by molar-refractivity contribution is 5.81. The summed E-state index contributed by atoms with van der Waals surface area (Å²) in [4.78, 5) is 0. The summed E-state index contributed by atoms with van der Waals surface area (Å²) in [5, 5.41) is 4.98. The fourth-order valence-electron chi connectivity index (χ4n) is 3.40. The SMILES string of the molecule is c1ccc(Cn2c(C3CCCN3)cc3ccccc32)cc1. The van der Waals surface area contributed by atoms with E-state index in [1.807, 2.05) is 0 Å². The summed E-state index contributed by atoms with van der Waals surface area (Å²) in [7, 11) is 0. The molecule has 0 aliphatic carbocycles. The van der Waals surface area contributed by atoms with Crippen LogP contribution in [0.5, 0.6) is 0 Å². The highest BCUT2D eigenvalue weighted by Crippen LogP contribution is 2.30. The second-order valence-corrected chi connectivity index (χ2v) is 5.85. The molecule has 1 aliphatic rings. The van der Waals surface area contributed by atoms with Gasteiger partial charge in [-0.3, -0.25) is 0 Å². The normalized spacial score (nSPS) is 18.4. The summed E-state index contributed by atoms with van der Waals surface area (Å²) >= 11 is 0. The molecule has 4 rings (SSSR count). The topological polar surface area (TPSA) is 17.0 Å². The lowest BCUT2D eigenvalue weighted by Crippen LogP contribution is -2.17. The van der Waals surface area contributed by atoms with Gasteiger partial charge >= 0.3 is 0 Å². The molecular formula is C19H20N2. The molecule has 0 spiro atoms. The predicted molar refractivity (Wildman–Crippen MR) is 87.5 cm³/mol. The van der Waals surface area contributed by atoms with Gasteiger partial charge in [0.25, 0.3) is 0 Å². The van der Waals surface area contributed by atoms with Crippen LogP contribution in [0.25, 0.3) is 10.9 Å². The molecule has 1 fully saturated rings. The average Bonchev–Trinajstić information content (AvgIpc) is 3.16. The highest BCUT2D eigenvalue weighted by Gasteiger charge is 2.21. The van der Waals surface area contributed by atoms with Crippen LogP contribution >= 0.6 is 0 Å². The zero-order chi connectivity index (χ0) is 14.1. The van der Waals surface area contributed by atoms with Gasteiger partial charge in [-0.2, -0.15) is 0 Å². The number of hydrogen-bond donors (Lipinski definition) is 1. The maximum absolute atomic E-state index is 3.64. The number of fused-ring (bicyclic) bond motifs is 1. The first-order valence-corrected chi connectivity index (χ1v) is 7.77. The van der Waals surface area contributed by atoms with Crippen LogP contribution in [-0.4, -0.2) is 11.1 Å². The molecule has 1 atom stereocenters. The Labute approximate surface area is 125 Å². The minimum atomic E-state index is 0.501. The van der Waals surface area contributed by atoms with Crippen molar-refractivity contribution in [2.75, 3.05) is 6.54 Å². The monoisotopic (exact) mass is 276 g/mol. The van der Waals surface area contributed by atoms with E-state index in [-0.39, 0.29) is 0 Å². The first kappa shape index (κ1) is 12.7.